The molecule has 0 radical (unpaired) electrons. The van der Waals surface area contributed by atoms with Gasteiger partial charge in [-0.2, -0.15) is 19.2 Å². The number of rotatable bonds is 9. The van der Waals surface area contributed by atoms with Gasteiger partial charge in [-0.1, -0.05) is 41.4 Å². The van der Waals surface area contributed by atoms with Crippen LogP contribution in [0.4, 0.5) is 22.2 Å². The van der Waals surface area contributed by atoms with E-state index in [9.17, 15) is 24.0 Å². The molecule has 1 aromatic carbocycles. The molecule has 304 valence electrons. The number of fused-ring (bicyclic) bond motifs is 2. The van der Waals surface area contributed by atoms with Crippen molar-refractivity contribution in [3.63, 3.8) is 0 Å². The number of nitrogens with zero attached hydrogens (tertiary/aromatic N) is 7. The number of hydrogen-bond acceptors (Lipinski definition) is 12. The van der Waals surface area contributed by atoms with Gasteiger partial charge >= 0.3 is 6.09 Å². The summed E-state index contributed by atoms with van der Waals surface area (Å²) in [5, 5.41) is 20.4. The number of aromatic nitrogens is 6. The number of carbonyl (C=O) groups is 5. The Hall–Kier alpha value is -6.62. The highest BCUT2D eigenvalue weighted by atomic mass is 35.5. The fourth-order valence-corrected chi connectivity index (χ4v) is 6.80. The first kappa shape index (κ1) is 39.2. The maximum Gasteiger partial charge on any atom is 0.416 e. The lowest BCUT2D eigenvalue weighted by Gasteiger charge is -2.27. The number of ether oxygens (including phenoxy) is 1. The Bertz CT molecular complexity index is 2610. The van der Waals surface area contributed by atoms with E-state index in [1.54, 1.807) is 54.6 Å². The highest BCUT2D eigenvalue weighted by molar-refractivity contribution is 6.30. The third kappa shape index (κ3) is 9.09. The summed E-state index contributed by atoms with van der Waals surface area (Å²) in [6, 6.07) is 12.3. The third-order valence-electron chi connectivity index (χ3n) is 9.63. The minimum atomic E-state index is -0.651. The van der Waals surface area contributed by atoms with Crippen molar-refractivity contribution in [3.8, 4) is 0 Å². The molecule has 4 fully saturated rings. The van der Waals surface area contributed by atoms with E-state index in [4.69, 9.17) is 21.3 Å². The zero-order valence-electron chi connectivity index (χ0n) is 32.8. The normalized spacial score (nSPS) is 18.0. The third-order valence-corrected chi connectivity index (χ3v) is 9.83. The van der Waals surface area contributed by atoms with Crippen LogP contribution >= 0.6 is 11.6 Å². The molecule has 17 nitrogen and oxygen atoms in total. The van der Waals surface area contributed by atoms with Crippen LogP contribution in [0.25, 0.3) is 23.4 Å². The Labute approximate surface area is 343 Å². The maximum absolute atomic E-state index is 12.9. The monoisotopic (exact) mass is 819 g/mol. The summed E-state index contributed by atoms with van der Waals surface area (Å²) in [5.41, 5.74) is 4.71. The average molecular weight is 820 g/mol. The zero-order chi connectivity index (χ0) is 41.6. The maximum atomic E-state index is 12.9. The van der Waals surface area contributed by atoms with Crippen LogP contribution in [0.15, 0.2) is 59.9 Å². The second kappa shape index (κ2) is 15.6. The van der Waals surface area contributed by atoms with Crippen molar-refractivity contribution in [2.24, 2.45) is 0 Å². The lowest BCUT2D eigenvalue weighted by molar-refractivity contribution is -0.125. The van der Waals surface area contributed by atoms with Gasteiger partial charge in [0.25, 0.3) is 11.8 Å². The van der Waals surface area contributed by atoms with Gasteiger partial charge in [0.1, 0.15) is 28.2 Å². The van der Waals surface area contributed by atoms with Crippen LogP contribution in [0.5, 0.6) is 0 Å². The fourth-order valence-electron chi connectivity index (χ4n) is 6.63. The van der Waals surface area contributed by atoms with Crippen molar-refractivity contribution in [2.45, 2.75) is 90.4 Å². The van der Waals surface area contributed by atoms with Gasteiger partial charge in [0.05, 0.1) is 25.2 Å². The predicted octanol–water partition coefficient (Wildman–Crippen LogP) is 5.37. The average Bonchev–Trinajstić information content (AvgIpc) is 4.03. The number of halogens is 1. The first-order chi connectivity index (χ1) is 28.2. The van der Waals surface area contributed by atoms with Crippen LogP contribution in [0.2, 0.25) is 5.15 Å². The van der Waals surface area contributed by atoms with Crippen molar-refractivity contribution in [2.75, 3.05) is 15.5 Å². The molecule has 4 aromatic heterocycles. The van der Waals surface area contributed by atoms with Crippen LogP contribution in [0.1, 0.15) is 81.5 Å². The van der Waals surface area contributed by atoms with Gasteiger partial charge in [-0.15, -0.1) is 0 Å². The van der Waals surface area contributed by atoms with Gasteiger partial charge in [-0.05, 0) is 71.1 Å². The van der Waals surface area contributed by atoms with Crippen molar-refractivity contribution in [1.82, 2.24) is 39.8 Å². The van der Waals surface area contributed by atoms with Gasteiger partial charge in [0, 0.05) is 53.0 Å². The van der Waals surface area contributed by atoms with Gasteiger partial charge in [-0.3, -0.25) is 34.7 Å². The van der Waals surface area contributed by atoms with Crippen LogP contribution in [0, 0.1) is 6.92 Å². The van der Waals surface area contributed by atoms with Gasteiger partial charge in [0.15, 0.2) is 11.3 Å². The molecule has 2 aliphatic carbocycles. The van der Waals surface area contributed by atoms with Crippen LogP contribution < -0.4 is 26.2 Å². The first-order valence-electron chi connectivity index (χ1n) is 19.3. The number of amides is 5. The Balaban J connectivity index is 0.000000164. The summed E-state index contributed by atoms with van der Waals surface area (Å²) >= 11 is 6.24. The number of carbonyl (C=O) groups excluding carboxylic acids is 5. The molecule has 2 saturated carbocycles. The standard InChI is InChI=1S/C22H22N6O2.C19H20ClN5O4/c1-13-3-2-4-14(7-13)11-23-18-10-19(25-17-5-6-17)28-21(26-18)16(12-24-28)8-15-9-20(29)27-22(15)30;1-19(2,3)29-18(28)24(12-4-5-12)15-8-13(20)22-16-11(9-21-25(15)16)6-10-7-14(26)23-17(10)27/h2-4,7-8,10,12,17,25H,5-6,9,11H2,1H3,(H,23,26)(H,27,29,30);6,8-9,12H,4-5,7H2,1-3H3,(H,23,26,27)/b15-8+;10-6+. The molecule has 0 spiro atoms. The Morgan fingerprint density at radius 3 is 2.08 bits per heavy atom. The van der Waals surface area contributed by atoms with Crippen molar-refractivity contribution >= 4 is 82.2 Å². The molecular formula is C41H42ClN11O6. The molecule has 6 heterocycles. The Kier molecular flexibility index (Phi) is 10.4. The van der Waals surface area contributed by atoms with Crippen LogP contribution in [-0.4, -0.2) is 76.6 Å². The number of nitrogens with one attached hydrogen (secondary N) is 4. The summed E-state index contributed by atoms with van der Waals surface area (Å²) in [5.74, 6) is 0.578. The molecule has 18 heteroatoms. The molecule has 0 bridgehead atoms. The summed E-state index contributed by atoms with van der Waals surface area (Å²) in [6.07, 6.45) is 10.0. The van der Waals surface area contributed by atoms with Crippen molar-refractivity contribution in [3.05, 3.63) is 87.3 Å². The summed E-state index contributed by atoms with van der Waals surface area (Å²) < 4.78 is 8.81. The topological polar surface area (TPSA) is 206 Å². The van der Waals surface area contributed by atoms with Crippen LogP contribution in [0.3, 0.4) is 0 Å². The fraction of sp³-hybridized carbons (Fsp3) is 0.341. The molecule has 9 rings (SSSR count). The Morgan fingerprint density at radius 1 is 0.898 bits per heavy atom. The minimum Gasteiger partial charge on any atom is -0.443 e. The molecule has 5 aromatic rings. The Morgan fingerprint density at radius 2 is 1.53 bits per heavy atom. The number of aryl methyl sites for hydroxylation is 1. The number of hydrogen-bond donors (Lipinski definition) is 4. The first-order valence-corrected chi connectivity index (χ1v) is 19.7. The highest BCUT2D eigenvalue weighted by Crippen LogP contribution is 2.35. The minimum absolute atomic E-state index is 0.00393. The molecule has 59 heavy (non-hydrogen) atoms. The van der Waals surface area contributed by atoms with Gasteiger partial charge < -0.3 is 15.4 Å². The predicted molar refractivity (Wildman–Crippen MR) is 219 cm³/mol. The molecular weight excluding hydrogens is 778 g/mol. The smallest absolute Gasteiger partial charge is 0.416 e. The molecule has 4 N–H and O–H groups in total. The zero-order valence-corrected chi connectivity index (χ0v) is 33.6. The number of benzene rings is 1. The molecule has 0 atom stereocenters. The van der Waals surface area contributed by atoms with Crippen LogP contribution in [-0.2, 0) is 30.5 Å². The quantitative estimate of drug-likeness (QED) is 0.0842. The van der Waals surface area contributed by atoms with Gasteiger partial charge in [-0.25, -0.2) is 14.8 Å². The molecule has 5 amide bonds. The van der Waals surface area contributed by atoms with E-state index in [2.05, 4.69) is 61.6 Å². The molecule has 0 unspecified atom stereocenters. The van der Waals surface area contributed by atoms with E-state index in [0.29, 0.717) is 52.0 Å². The van der Waals surface area contributed by atoms with E-state index >= 15 is 0 Å². The molecule has 2 saturated heterocycles. The summed E-state index contributed by atoms with van der Waals surface area (Å²) in [6.45, 7) is 8.13. The van der Waals surface area contributed by atoms with E-state index < -0.39 is 17.6 Å². The van der Waals surface area contributed by atoms with E-state index in [-0.39, 0.29) is 41.8 Å². The van der Waals surface area contributed by atoms with E-state index in [1.165, 1.54) is 21.8 Å². The summed E-state index contributed by atoms with van der Waals surface area (Å²) in [4.78, 5) is 70.2. The number of imide groups is 2. The highest BCUT2D eigenvalue weighted by Gasteiger charge is 2.38. The lowest BCUT2D eigenvalue weighted by Crippen LogP contribution is -2.39. The SMILES string of the molecule is CC(C)(C)OC(=O)N(c1cc(Cl)nc2c(/C=C3\CC(=O)NC3=O)cnn12)C1CC1.Cc1cccc(CNc2cc(NC3CC3)n3ncc(/C=C4\CC(=O)NC4=O)c3n2)c1. The van der Waals surface area contributed by atoms with E-state index in [1.807, 2.05) is 12.1 Å². The second-order valence-corrected chi connectivity index (χ2v) is 16.3. The second-order valence-electron chi connectivity index (χ2n) is 15.9. The van der Waals surface area contributed by atoms with E-state index in [0.717, 1.165) is 37.3 Å². The lowest BCUT2D eigenvalue weighted by atomic mass is 10.1. The largest absolute Gasteiger partial charge is 0.443 e. The van der Waals surface area contributed by atoms with Crippen molar-refractivity contribution < 1.29 is 28.7 Å². The molecule has 2 aliphatic heterocycles. The van der Waals surface area contributed by atoms with Gasteiger partial charge in [0.2, 0.25) is 11.8 Å². The number of anilines is 3. The van der Waals surface area contributed by atoms with Crippen molar-refractivity contribution in [1.29, 1.82) is 0 Å². The molecule has 4 aliphatic rings. The summed E-state index contributed by atoms with van der Waals surface area (Å²) in [7, 11) is 0.